The molecule has 1 amide bonds. The lowest BCUT2D eigenvalue weighted by atomic mass is 9.77. The first-order valence-electron chi connectivity index (χ1n) is 11.1. The number of ketones is 1. The van der Waals surface area contributed by atoms with Crippen molar-refractivity contribution in [2.45, 2.75) is 62.8 Å². The number of rotatable bonds is 8. The Morgan fingerprint density at radius 1 is 1.17 bits per heavy atom. The number of hydrogen-bond donors (Lipinski definition) is 1. The van der Waals surface area contributed by atoms with Crippen molar-refractivity contribution in [3.8, 4) is 6.07 Å². The fourth-order valence-electron chi connectivity index (χ4n) is 4.78. The van der Waals surface area contributed by atoms with E-state index in [1.54, 1.807) is 7.11 Å². The molecule has 1 heterocycles. The van der Waals surface area contributed by atoms with Crippen molar-refractivity contribution in [2.24, 2.45) is 0 Å². The summed E-state index contributed by atoms with van der Waals surface area (Å²) in [6.45, 7) is 3.89. The second kappa shape index (κ2) is 10.7. The third-order valence-corrected chi connectivity index (χ3v) is 6.68. The lowest BCUT2D eigenvalue weighted by Crippen LogP contribution is -2.55. The zero-order chi connectivity index (χ0) is 21.4. The number of nitrogens with one attached hydrogen (secondary N) is 1. The van der Waals surface area contributed by atoms with E-state index < -0.39 is 5.54 Å². The number of hydrogen-bond acceptors (Lipinski definition) is 5. The molecular formula is C24H33N3O3. The number of benzene rings is 1. The van der Waals surface area contributed by atoms with Crippen LogP contribution in [-0.4, -0.2) is 55.5 Å². The molecule has 1 aliphatic heterocycles. The number of methoxy groups -OCH3 is 1. The summed E-state index contributed by atoms with van der Waals surface area (Å²) in [4.78, 5) is 27.9. The Labute approximate surface area is 179 Å². The first kappa shape index (κ1) is 22.5. The van der Waals surface area contributed by atoms with Gasteiger partial charge in [0.2, 0.25) is 0 Å². The van der Waals surface area contributed by atoms with Crippen LogP contribution >= 0.6 is 0 Å². The van der Waals surface area contributed by atoms with Crippen LogP contribution in [0.3, 0.4) is 0 Å². The molecule has 0 radical (unpaired) electrons. The SMILES string of the molecule is COCCN1CCC(c2ccc(C(=O)NC3(C(=O)CC#N)CCCCC3)cc2)CC1. The number of Topliss-reactive ketones (excluding diaryl/α,β-unsaturated/α-hetero) is 1. The van der Waals surface area contributed by atoms with Crippen LogP contribution in [0, 0.1) is 11.3 Å². The second-order valence-corrected chi connectivity index (χ2v) is 8.59. The number of carbonyl (C=O) groups excluding carboxylic acids is 2. The molecule has 1 saturated carbocycles. The van der Waals surface area contributed by atoms with E-state index in [1.807, 2.05) is 18.2 Å². The summed E-state index contributed by atoms with van der Waals surface area (Å²) in [5, 5.41) is 12.0. The minimum Gasteiger partial charge on any atom is -0.383 e. The second-order valence-electron chi connectivity index (χ2n) is 8.59. The quantitative estimate of drug-likeness (QED) is 0.709. The van der Waals surface area contributed by atoms with E-state index in [1.165, 1.54) is 5.56 Å². The molecule has 2 fully saturated rings. The number of ether oxygens (including phenoxy) is 1. The summed E-state index contributed by atoms with van der Waals surface area (Å²) in [7, 11) is 1.74. The van der Waals surface area contributed by atoms with Gasteiger partial charge in [-0.15, -0.1) is 0 Å². The molecule has 1 aromatic carbocycles. The number of nitrogens with zero attached hydrogens (tertiary/aromatic N) is 2. The predicted molar refractivity (Wildman–Crippen MR) is 115 cm³/mol. The first-order valence-corrected chi connectivity index (χ1v) is 11.1. The van der Waals surface area contributed by atoms with Gasteiger partial charge >= 0.3 is 0 Å². The van der Waals surface area contributed by atoms with Gasteiger partial charge in [-0.05, 0) is 62.4 Å². The van der Waals surface area contributed by atoms with Crippen LogP contribution in [0.15, 0.2) is 24.3 Å². The highest BCUT2D eigenvalue weighted by Crippen LogP contribution is 2.31. The highest BCUT2D eigenvalue weighted by Gasteiger charge is 2.40. The standard InChI is InChI=1S/C24H33N3O3/c1-30-18-17-27-15-10-20(11-16-27)19-5-7-21(8-6-19)23(29)26-24(22(28)9-14-25)12-3-2-4-13-24/h5-8,20H,2-4,9-13,15-18H2,1H3,(H,26,29). The third kappa shape index (κ3) is 5.47. The van der Waals surface area contributed by atoms with Crippen molar-refractivity contribution in [3.63, 3.8) is 0 Å². The molecule has 2 aliphatic rings. The molecule has 6 nitrogen and oxygen atoms in total. The van der Waals surface area contributed by atoms with E-state index in [2.05, 4.69) is 22.3 Å². The summed E-state index contributed by atoms with van der Waals surface area (Å²) >= 11 is 0. The van der Waals surface area contributed by atoms with Crippen LogP contribution in [0.2, 0.25) is 0 Å². The summed E-state index contributed by atoms with van der Waals surface area (Å²) in [5.74, 6) is 0.141. The lowest BCUT2D eigenvalue weighted by Gasteiger charge is -2.36. The maximum absolute atomic E-state index is 12.9. The molecular weight excluding hydrogens is 378 g/mol. The molecule has 1 aromatic rings. The van der Waals surface area contributed by atoms with Gasteiger partial charge in [0.1, 0.15) is 0 Å². The largest absolute Gasteiger partial charge is 0.383 e. The van der Waals surface area contributed by atoms with E-state index in [4.69, 9.17) is 10.00 Å². The third-order valence-electron chi connectivity index (χ3n) is 6.68. The molecule has 0 unspecified atom stereocenters. The van der Waals surface area contributed by atoms with Crippen molar-refractivity contribution in [2.75, 3.05) is 33.4 Å². The first-order chi connectivity index (χ1) is 14.6. The molecule has 0 atom stereocenters. The minimum atomic E-state index is -0.876. The Bertz CT molecular complexity index is 755. The van der Waals surface area contributed by atoms with Gasteiger partial charge in [0.05, 0.1) is 24.6 Å². The molecule has 30 heavy (non-hydrogen) atoms. The Balaban J connectivity index is 1.61. The van der Waals surface area contributed by atoms with Crippen molar-refractivity contribution in [1.29, 1.82) is 5.26 Å². The molecule has 3 rings (SSSR count). The van der Waals surface area contributed by atoms with Gasteiger partial charge in [-0.25, -0.2) is 0 Å². The van der Waals surface area contributed by atoms with Crippen molar-refractivity contribution in [3.05, 3.63) is 35.4 Å². The molecule has 6 heteroatoms. The summed E-state index contributed by atoms with van der Waals surface area (Å²) < 4.78 is 5.16. The fraction of sp³-hybridized carbons (Fsp3) is 0.625. The Morgan fingerprint density at radius 2 is 1.83 bits per heavy atom. The van der Waals surface area contributed by atoms with Gasteiger partial charge in [0, 0.05) is 19.2 Å². The average molecular weight is 412 g/mol. The highest BCUT2D eigenvalue weighted by atomic mass is 16.5. The Morgan fingerprint density at radius 3 is 2.43 bits per heavy atom. The minimum absolute atomic E-state index is 0.150. The monoisotopic (exact) mass is 411 g/mol. The summed E-state index contributed by atoms with van der Waals surface area (Å²) in [6.07, 6.45) is 6.19. The fourth-order valence-corrected chi connectivity index (χ4v) is 4.78. The van der Waals surface area contributed by atoms with Crippen LogP contribution in [0.5, 0.6) is 0 Å². The zero-order valence-electron chi connectivity index (χ0n) is 18.0. The maximum Gasteiger partial charge on any atom is 0.252 e. The molecule has 162 valence electrons. The van der Waals surface area contributed by atoms with Gasteiger partial charge < -0.3 is 15.0 Å². The number of amides is 1. The van der Waals surface area contributed by atoms with Crippen LogP contribution in [0.25, 0.3) is 0 Å². The van der Waals surface area contributed by atoms with Gasteiger partial charge in [-0.2, -0.15) is 5.26 Å². The molecule has 0 spiro atoms. The van der Waals surface area contributed by atoms with Gasteiger partial charge in [0.15, 0.2) is 5.78 Å². The van der Waals surface area contributed by atoms with Crippen LogP contribution in [0.1, 0.15) is 73.2 Å². The smallest absolute Gasteiger partial charge is 0.252 e. The molecule has 1 aliphatic carbocycles. The topological polar surface area (TPSA) is 82.4 Å². The zero-order valence-corrected chi connectivity index (χ0v) is 18.0. The van der Waals surface area contributed by atoms with Crippen LogP contribution < -0.4 is 5.32 Å². The highest BCUT2D eigenvalue weighted by molar-refractivity contribution is 6.00. The number of carbonyl (C=O) groups is 2. The Hall–Kier alpha value is -2.23. The summed E-state index contributed by atoms with van der Waals surface area (Å²) in [6, 6.07) is 9.79. The number of nitriles is 1. The van der Waals surface area contributed by atoms with E-state index in [0.717, 1.165) is 58.3 Å². The van der Waals surface area contributed by atoms with Crippen LogP contribution in [-0.2, 0) is 9.53 Å². The number of piperidine rings is 1. The molecule has 1 N–H and O–H groups in total. The van der Waals surface area contributed by atoms with Crippen molar-refractivity contribution in [1.82, 2.24) is 10.2 Å². The Kier molecular flexibility index (Phi) is 8.01. The van der Waals surface area contributed by atoms with E-state index >= 15 is 0 Å². The number of likely N-dealkylation sites (tertiary alicyclic amines) is 1. The average Bonchev–Trinajstić information content (AvgIpc) is 2.79. The molecule has 0 bridgehead atoms. The molecule has 0 aromatic heterocycles. The van der Waals surface area contributed by atoms with Crippen molar-refractivity contribution < 1.29 is 14.3 Å². The van der Waals surface area contributed by atoms with Crippen LogP contribution in [0.4, 0.5) is 0 Å². The lowest BCUT2D eigenvalue weighted by molar-refractivity contribution is -0.125. The maximum atomic E-state index is 12.9. The van der Waals surface area contributed by atoms with E-state index in [0.29, 0.717) is 24.3 Å². The van der Waals surface area contributed by atoms with Gasteiger partial charge in [-0.3, -0.25) is 9.59 Å². The molecule has 1 saturated heterocycles. The summed E-state index contributed by atoms with van der Waals surface area (Å²) in [5.41, 5.74) is 0.968. The van der Waals surface area contributed by atoms with E-state index in [-0.39, 0.29) is 18.1 Å². The normalized spacial score (nSPS) is 19.7. The van der Waals surface area contributed by atoms with Gasteiger partial charge in [-0.1, -0.05) is 31.4 Å². The predicted octanol–water partition coefficient (Wildman–Crippen LogP) is 3.43. The van der Waals surface area contributed by atoms with E-state index in [9.17, 15) is 9.59 Å². The van der Waals surface area contributed by atoms with Crippen molar-refractivity contribution >= 4 is 11.7 Å². The van der Waals surface area contributed by atoms with Gasteiger partial charge in [0.25, 0.3) is 5.91 Å².